The van der Waals surface area contributed by atoms with Crippen LogP contribution in [0.5, 0.6) is 0 Å². The van der Waals surface area contributed by atoms with E-state index in [4.69, 9.17) is 16.9 Å². The smallest absolute Gasteiger partial charge is 0.225 e. The molecule has 0 bridgehead atoms. The van der Waals surface area contributed by atoms with Gasteiger partial charge in [0.25, 0.3) is 0 Å². The average Bonchev–Trinajstić information content (AvgIpc) is 2.93. The van der Waals surface area contributed by atoms with Crippen LogP contribution in [0.3, 0.4) is 0 Å². The summed E-state index contributed by atoms with van der Waals surface area (Å²) < 4.78 is 27.8. The van der Waals surface area contributed by atoms with Crippen molar-refractivity contribution in [2.24, 2.45) is 0 Å². The highest BCUT2D eigenvalue weighted by Gasteiger charge is 2.41. The van der Waals surface area contributed by atoms with Gasteiger partial charge < -0.3 is 10.2 Å². The van der Waals surface area contributed by atoms with Gasteiger partial charge in [0.05, 0.1) is 22.7 Å². The van der Waals surface area contributed by atoms with Crippen LogP contribution >= 0.6 is 11.6 Å². The largest absolute Gasteiger partial charge is 0.380 e. The molecule has 1 fully saturated rings. The van der Waals surface area contributed by atoms with Crippen molar-refractivity contribution in [1.82, 2.24) is 4.90 Å². The Labute approximate surface area is 167 Å². The van der Waals surface area contributed by atoms with Gasteiger partial charge in [0, 0.05) is 18.2 Å². The minimum absolute atomic E-state index is 0.0472. The summed E-state index contributed by atoms with van der Waals surface area (Å²) in [6.07, 6.45) is 0.423. The first-order valence-electron chi connectivity index (χ1n) is 9.01. The van der Waals surface area contributed by atoms with Crippen LogP contribution in [0.1, 0.15) is 31.4 Å². The zero-order valence-corrected chi connectivity index (χ0v) is 16.3. The van der Waals surface area contributed by atoms with Gasteiger partial charge in [-0.3, -0.25) is 4.79 Å². The molecule has 0 spiro atoms. The third kappa shape index (κ3) is 4.10. The summed E-state index contributed by atoms with van der Waals surface area (Å²) in [5.41, 5.74) is 1.25. The van der Waals surface area contributed by atoms with Crippen LogP contribution in [0.4, 0.5) is 14.5 Å². The van der Waals surface area contributed by atoms with Crippen LogP contribution in [0.25, 0.3) is 0 Å². The van der Waals surface area contributed by atoms with E-state index in [0.29, 0.717) is 16.3 Å². The third-order valence-electron chi connectivity index (χ3n) is 4.94. The van der Waals surface area contributed by atoms with Crippen molar-refractivity contribution in [3.05, 3.63) is 64.2 Å². The summed E-state index contributed by atoms with van der Waals surface area (Å²) in [5.74, 6) is -1.06. The molecule has 0 aromatic heterocycles. The number of rotatable bonds is 5. The van der Waals surface area contributed by atoms with E-state index in [1.54, 1.807) is 23.1 Å². The van der Waals surface area contributed by atoms with Gasteiger partial charge in [-0.2, -0.15) is 5.26 Å². The van der Waals surface area contributed by atoms with Crippen molar-refractivity contribution in [3.63, 3.8) is 0 Å². The number of amides is 1. The molecule has 2 aromatic carbocycles. The number of nitrogens with zero attached hydrogens (tertiary/aromatic N) is 2. The molecule has 1 aliphatic heterocycles. The maximum Gasteiger partial charge on any atom is 0.225 e. The molecule has 1 saturated heterocycles. The number of anilines is 1. The first-order chi connectivity index (χ1) is 13.3. The molecule has 146 valence electrons. The number of nitriles is 1. The van der Waals surface area contributed by atoms with Gasteiger partial charge in [0.2, 0.25) is 5.91 Å². The topological polar surface area (TPSA) is 56.1 Å². The van der Waals surface area contributed by atoms with Crippen molar-refractivity contribution in [1.29, 1.82) is 5.26 Å². The maximum atomic E-state index is 14.2. The van der Waals surface area contributed by atoms with Gasteiger partial charge in [-0.15, -0.1) is 0 Å². The Balaban J connectivity index is 1.90. The number of halogens is 3. The van der Waals surface area contributed by atoms with Crippen LogP contribution in [0.2, 0.25) is 5.02 Å². The van der Waals surface area contributed by atoms with E-state index >= 15 is 0 Å². The highest BCUT2D eigenvalue weighted by atomic mass is 35.5. The normalized spacial score (nSPS) is 19.2. The quantitative estimate of drug-likeness (QED) is 0.798. The number of likely N-dealkylation sites (tertiary alicyclic amines) is 1. The minimum atomic E-state index is -0.514. The molecule has 1 amide bonds. The zero-order valence-electron chi connectivity index (χ0n) is 15.5. The van der Waals surface area contributed by atoms with E-state index in [1.165, 1.54) is 6.07 Å². The number of hydrogen-bond donors (Lipinski definition) is 1. The van der Waals surface area contributed by atoms with E-state index in [2.05, 4.69) is 5.32 Å². The Bertz CT molecular complexity index is 942. The summed E-state index contributed by atoms with van der Waals surface area (Å²) in [4.78, 5) is 14.3. The Hall–Kier alpha value is -2.65. The van der Waals surface area contributed by atoms with Crippen LogP contribution in [0, 0.1) is 23.0 Å². The van der Waals surface area contributed by atoms with E-state index in [9.17, 15) is 13.6 Å². The highest BCUT2D eigenvalue weighted by molar-refractivity contribution is 6.32. The lowest BCUT2D eigenvalue weighted by molar-refractivity contribution is -0.130. The third-order valence-corrected chi connectivity index (χ3v) is 5.25. The highest BCUT2D eigenvalue weighted by Crippen LogP contribution is 2.30. The maximum absolute atomic E-state index is 14.2. The number of nitrogens with one attached hydrogen (secondary N) is 1. The van der Waals surface area contributed by atoms with Gasteiger partial charge in [-0.25, -0.2) is 8.78 Å². The predicted octanol–water partition coefficient (Wildman–Crippen LogP) is 4.52. The lowest BCUT2D eigenvalue weighted by Crippen LogP contribution is -2.45. The van der Waals surface area contributed by atoms with Gasteiger partial charge in [0.15, 0.2) is 0 Å². The Morgan fingerprint density at radius 1 is 1.29 bits per heavy atom. The van der Waals surface area contributed by atoms with Crippen LogP contribution in [-0.2, 0) is 11.2 Å². The molecular weight excluding hydrogens is 384 g/mol. The second-order valence-electron chi connectivity index (χ2n) is 7.16. The van der Waals surface area contributed by atoms with Crippen LogP contribution in [0.15, 0.2) is 36.4 Å². The van der Waals surface area contributed by atoms with E-state index in [1.807, 2.05) is 19.9 Å². The molecule has 2 atom stereocenters. The molecule has 0 radical (unpaired) electrons. The van der Waals surface area contributed by atoms with Crippen molar-refractivity contribution < 1.29 is 13.6 Å². The standard InChI is InChI=1S/C21H20ClF2N3O/c1-12(2)27-20(8-14-7-15(23)4-6-18(14)24)19(10-21(27)28)26-16-5-3-13(11-25)17(22)9-16/h3-7,9,12,19-20,26H,8,10H2,1-2H3/t19-,20?/m0/s1. The monoisotopic (exact) mass is 403 g/mol. The van der Waals surface area contributed by atoms with Gasteiger partial charge in [-0.05, 0) is 62.2 Å². The number of carbonyl (C=O) groups excluding carboxylic acids is 1. The summed E-state index contributed by atoms with van der Waals surface area (Å²) in [7, 11) is 0. The molecule has 7 heteroatoms. The van der Waals surface area contributed by atoms with Crippen molar-refractivity contribution >= 4 is 23.2 Å². The minimum Gasteiger partial charge on any atom is -0.380 e. The Kier molecular flexibility index (Phi) is 5.85. The summed E-state index contributed by atoms with van der Waals surface area (Å²) in [6.45, 7) is 3.79. The van der Waals surface area contributed by atoms with E-state index in [0.717, 1.165) is 12.1 Å². The summed E-state index contributed by atoms with van der Waals surface area (Å²) >= 11 is 6.10. The number of carbonyl (C=O) groups is 1. The molecule has 1 heterocycles. The van der Waals surface area contributed by atoms with Gasteiger partial charge in [-0.1, -0.05) is 11.6 Å². The van der Waals surface area contributed by atoms with Crippen LogP contribution < -0.4 is 5.32 Å². The second kappa shape index (κ2) is 8.15. The Morgan fingerprint density at radius 2 is 2.04 bits per heavy atom. The fourth-order valence-electron chi connectivity index (χ4n) is 3.70. The van der Waals surface area contributed by atoms with E-state index < -0.39 is 11.6 Å². The second-order valence-corrected chi connectivity index (χ2v) is 7.57. The fourth-order valence-corrected chi connectivity index (χ4v) is 3.92. The lowest BCUT2D eigenvalue weighted by atomic mass is 9.98. The molecule has 3 rings (SSSR count). The van der Waals surface area contributed by atoms with Crippen LogP contribution in [-0.4, -0.2) is 28.9 Å². The average molecular weight is 404 g/mol. The molecule has 2 aromatic rings. The SMILES string of the molecule is CC(C)N1C(=O)C[C@H](Nc2ccc(C#N)c(Cl)c2)C1Cc1cc(F)ccc1F. The van der Waals surface area contributed by atoms with Crippen molar-refractivity contribution in [2.45, 2.75) is 44.8 Å². The molecule has 1 aliphatic rings. The molecule has 1 N–H and O–H groups in total. The van der Waals surface area contributed by atoms with Gasteiger partial charge >= 0.3 is 0 Å². The molecule has 4 nitrogen and oxygen atoms in total. The van der Waals surface area contributed by atoms with E-state index in [-0.39, 0.29) is 42.4 Å². The molecular formula is C21H20ClF2N3O. The molecule has 0 aliphatic carbocycles. The van der Waals surface area contributed by atoms with Crippen molar-refractivity contribution in [3.8, 4) is 6.07 Å². The Morgan fingerprint density at radius 3 is 2.68 bits per heavy atom. The zero-order chi connectivity index (χ0) is 20.4. The first kappa shape index (κ1) is 20.1. The van der Waals surface area contributed by atoms with Gasteiger partial charge in [0.1, 0.15) is 17.7 Å². The lowest BCUT2D eigenvalue weighted by Gasteiger charge is -2.32. The molecule has 28 heavy (non-hydrogen) atoms. The molecule has 0 saturated carbocycles. The van der Waals surface area contributed by atoms with Crippen molar-refractivity contribution in [2.75, 3.05) is 5.32 Å². The summed E-state index contributed by atoms with van der Waals surface area (Å²) in [6, 6.07) is 9.56. The number of benzene rings is 2. The summed E-state index contributed by atoms with van der Waals surface area (Å²) in [5, 5.41) is 12.6. The number of hydrogen-bond acceptors (Lipinski definition) is 3. The fraction of sp³-hybridized carbons (Fsp3) is 0.333. The molecule has 1 unspecified atom stereocenters. The first-order valence-corrected chi connectivity index (χ1v) is 9.39. The predicted molar refractivity (Wildman–Crippen MR) is 104 cm³/mol.